The molecule has 3 nitrogen and oxygen atoms in total. The van der Waals surface area contributed by atoms with Crippen molar-refractivity contribution in [2.24, 2.45) is 0 Å². The van der Waals surface area contributed by atoms with Crippen LogP contribution in [-0.2, 0) is 5.75 Å². The largest absolute Gasteiger partial charge is 0.369 e. The van der Waals surface area contributed by atoms with Crippen LogP contribution in [0.2, 0.25) is 0 Å². The van der Waals surface area contributed by atoms with Crippen LogP contribution in [0.25, 0.3) is 0 Å². The van der Waals surface area contributed by atoms with Gasteiger partial charge in [-0.3, -0.25) is 0 Å². The molecule has 108 valence electrons. The van der Waals surface area contributed by atoms with E-state index in [1.165, 1.54) is 0 Å². The predicted molar refractivity (Wildman–Crippen MR) is 94.0 cm³/mol. The lowest BCUT2D eigenvalue weighted by Crippen LogP contribution is -2.12. The van der Waals surface area contributed by atoms with E-state index in [-0.39, 0.29) is 4.75 Å². The number of anilines is 1. The van der Waals surface area contributed by atoms with Crippen LogP contribution in [0.15, 0.2) is 0 Å². The normalized spacial score (nSPS) is 12.0. The second kappa shape index (κ2) is 7.11. The molecule has 0 aliphatic rings. The molecule has 0 saturated heterocycles. The zero-order valence-electron chi connectivity index (χ0n) is 12.7. The lowest BCUT2D eigenvalue weighted by atomic mass is 10.1. The Labute approximate surface area is 134 Å². The van der Waals surface area contributed by atoms with Gasteiger partial charge in [0, 0.05) is 11.3 Å². The highest BCUT2D eigenvalue weighted by atomic mass is 127. The number of hydrogen-bond donors (Lipinski definition) is 1. The van der Waals surface area contributed by atoms with E-state index in [0.29, 0.717) is 5.92 Å². The first-order valence-electron chi connectivity index (χ1n) is 6.68. The van der Waals surface area contributed by atoms with Crippen molar-refractivity contribution in [2.75, 3.05) is 11.9 Å². The van der Waals surface area contributed by atoms with E-state index in [2.05, 4.69) is 74.4 Å². The molecular weight excluding hydrogens is 369 g/mol. The highest BCUT2D eigenvalue weighted by Gasteiger charge is 2.17. The smallest absolute Gasteiger partial charge is 0.143 e. The zero-order chi connectivity index (χ0) is 14.6. The van der Waals surface area contributed by atoms with Crippen molar-refractivity contribution in [2.45, 2.75) is 58.0 Å². The molecule has 19 heavy (non-hydrogen) atoms. The first-order chi connectivity index (χ1) is 8.74. The van der Waals surface area contributed by atoms with Gasteiger partial charge in [0.05, 0.1) is 15.0 Å². The van der Waals surface area contributed by atoms with E-state index in [1.807, 2.05) is 11.8 Å². The standard InChI is InChI=1S/C14H24IN3S/c1-7-16-13-11(15)12(9(2)3)17-10(18-13)8-19-14(4,5)6/h9H,7-8H2,1-6H3,(H,16,17,18). The van der Waals surface area contributed by atoms with Crippen LogP contribution in [-0.4, -0.2) is 21.3 Å². The molecule has 0 fully saturated rings. The average Bonchev–Trinajstić information content (AvgIpc) is 2.28. The van der Waals surface area contributed by atoms with Gasteiger partial charge in [0.2, 0.25) is 0 Å². The van der Waals surface area contributed by atoms with Gasteiger partial charge < -0.3 is 5.32 Å². The van der Waals surface area contributed by atoms with E-state index in [9.17, 15) is 0 Å². The third-order valence-electron chi connectivity index (χ3n) is 2.45. The maximum absolute atomic E-state index is 4.74. The quantitative estimate of drug-likeness (QED) is 0.738. The fourth-order valence-corrected chi connectivity index (χ4v) is 3.27. The molecule has 0 radical (unpaired) electrons. The topological polar surface area (TPSA) is 37.8 Å². The summed E-state index contributed by atoms with van der Waals surface area (Å²) >= 11 is 4.23. The van der Waals surface area contributed by atoms with Gasteiger partial charge in [-0.25, -0.2) is 9.97 Å². The van der Waals surface area contributed by atoms with Gasteiger partial charge in [0.25, 0.3) is 0 Å². The first-order valence-corrected chi connectivity index (χ1v) is 8.75. The molecule has 0 aliphatic heterocycles. The molecule has 1 rings (SSSR count). The molecule has 0 unspecified atom stereocenters. The summed E-state index contributed by atoms with van der Waals surface area (Å²) in [6.45, 7) is 14.0. The Hall–Kier alpha value is -0.0400. The van der Waals surface area contributed by atoms with Crippen LogP contribution in [0.4, 0.5) is 5.82 Å². The van der Waals surface area contributed by atoms with Gasteiger partial charge in [0.1, 0.15) is 11.6 Å². The second-order valence-corrected chi connectivity index (χ2v) is 8.65. The third-order valence-corrected chi connectivity index (χ3v) is 4.78. The molecule has 1 heterocycles. The number of hydrogen-bond acceptors (Lipinski definition) is 4. The van der Waals surface area contributed by atoms with Crippen molar-refractivity contribution in [1.82, 2.24) is 9.97 Å². The number of thioether (sulfide) groups is 1. The number of rotatable bonds is 5. The molecule has 0 aromatic carbocycles. The van der Waals surface area contributed by atoms with Gasteiger partial charge in [-0.1, -0.05) is 34.6 Å². The molecule has 0 aliphatic carbocycles. The fourth-order valence-electron chi connectivity index (χ4n) is 1.53. The Bertz CT molecular complexity index is 427. The minimum Gasteiger partial charge on any atom is -0.369 e. The number of nitrogens with one attached hydrogen (secondary N) is 1. The van der Waals surface area contributed by atoms with Gasteiger partial charge in [0.15, 0.2) is 0 Å². The number of aromatic nitrogens is 2. The van der Waals surface area contributed by atoms with Gasteiger partial charge in [-0.05, 0) is 35.4 Å². The van der Waals surface area contributed by atoms with E-state index >= 15 is 0 Å². The molecule has 0 bridgehead atoms. The second-order valence-electron chi connectivity index (χ2n) is 5.77. The predicted octanol–water partition coefficient (Wildman–Crippen LogP) is 4.67. The monoisotopic (exact) mass is 393 g/mol. The fraction of sp³-hybridized carbons (Fsp3) is 0.714. The van der Waals surface area contributed by atoms with E-state index in [0.717, 1.165) is 33.2 Å². The summed E-state index contributed by atoms with van der Waals surface area (Å²) in [6.07, 6.45) is 0. The molecule has 0 amide bonds. The molecule has 1 aromatic heterocycles. The lowest BCUT2D eigenvalue weighted by molar-refractivity contribution is 0.782. The third kappa shape index (κ3) is 5.45. The summed E-state index contributed by atoms with van der Waals surface area (Å²) in [5, 5.41) is 3.34. The summed E-state index contributed by atoms with van der Waals surface area (Å²) in [6, 6.07) is 0. The maximum atomic E-state index is 4.74. The molecule has 1 aromatic rings. The van der Waals surface area contributed by atoms with Crippen LogP contribution in [0.5, 0.6) is 0 Å². The van der Waals surface area contributed by atoms with Crippen LogP contribution >= 0.6 is 34.4 Å². The van der Waals surface area contributed by atoms with Gasteiger partial charge >= 0.3 is 0 Å². The minimum atomic E-state index is 0.239. The summed E-state index contributed by atoms with van der Waals surface area (Å²) in [7, 11) is 0. The Kier molecular flexibility index (Phi) is 6.36. The molecule has 5 heteroatoms. The van der Waals surface area contributed by atoms with E-state index in [4.69, 9.17) is 4.98 Å². The summed E-state index contributed by atoms with van der Waals surface area (Å²) in [5.74, 6) is 3.19. The van der Waals surface area contributed by atoms with Gasteiger partial charge in [-0.2, -0.15) is 0 Å². The van der Waals surface area contributed by atoms with Crippen LogP contribution in [0.3, 0.4) is 0 Å². The van der Waals surface area contributed by atoms with Crippen LogP contribution < -0.4 is 5.32 Å². The van der Waals surface area contributed by atoms with E-state index in [1.54, 1.807) is 0 Å². The molecule has 0 spiro atoms. The summed E-state index contributed by atoms with van der Waals surface area (Å²) in [5.41, 5.74) is 1.15. The van der Waals surface area contributed by atoms with Crippen molar-refractivity contribution < 1.29 is 0 Å². The Morgan fingerprint density at radius 2 is 1.89 bits per heavy atom. The molecule has 1 N–H and O–H groups in total. The van der Waals surface area contributed by atoms with Crippen molar-refractivity contribution in [3.05, 3.63) is 15.1 Å². The summed E-state index contributed by atoms with van der Waals surface area (Å²) < 4.78 is 1.39. The Morgan fingerprint density at radius 3 is 2.37 bits per heavy atom. The summed E-state index contributed by atoms with van der Waals surface area (Å²) in [4.78, 5) is 9.40. The SMILES string of the molecule is CCNc1nc(CSC(C)(C)C)nc(C(C)C)c1I. The van der Waals surface area contributed by atoms with Crippen LogP contribution in [0.1, 0.15) is 59.0 Å². The van der Waals surface area contributed by atoms with Gasteiger partial charge in [-0.15, -0.1) is 11.8 Å². The molecule has 0 saturated carbocycles. The molecule has 0 atom stereocenters. The van der Waals surface area contributed by atoms with Crippen molar-refractivity contribution >= 4 is 40.2 Å². The van der Waals surface area contributed by atoms with Crippen LogP contribution in [0, 0.1) is 3.57 Å². The van der Waals surface area contributed by atoms with Crippen molar-refractivity contribution in [1.29, 1.82) is 0 Å². The lowest BCUT2D eigenvalue weighted by Gasteiger charge is -2.18. The number of nitrogens with zero attached hydrogens (tertiary/aromatic N) is 2. The molecular formula is C14H24IN3S. The number of halogens is 1. The average molecular weight is 393 g/mol. The zero-order valence-corrected chi connectivity index (χ0v) is 15.6. The minimum absolute atomic E-state index is 0.239. The van der Waals surface area contributed by atoms with Crippen molar-refractivity contribution in [3.8, 4) is 0 Å². The Morgan fingerprint density at radius 1 is 1.26 bits per heavy atom. The highest BCUT2D eigenvalue weighted by Crippen LogP contribution is 2.29. The first kappa shape index (κ1) is 17.0. The Balaban J connectivity index is 3.04. The van der Waals surface area contributed by atoms with E-state index < -0.39 is 0 Å². The highest BCUT2D eigenvalue weighted by molar-refractivity contribution is 14.1. The maximum Gasteiger partial charge on any atom is 0.143 e. The van der Waals surface area contributed by atoms with Crippen molar-refractivity contribution in [3.63, 3.8) is 0 Å².